The van der Waals surface area contributed by atoms with Gasteiger partial charge in [0.25, 0.3) is 0 Å². The van der Waals surface area contributed by atoms with E-state index in [9.17, 15) is 4.79 Å². The molecule has 1 fully saturated rings. The highest BCUT2D eigenvalue weighted by atomic mass is 35.5. The van der Waals surface area contributed by atoms with Gasteiger partial charge in [0.05, 0.1) is 5.52 Å². The van der Waals surface area contributed by atoms with E-state index in [1.165, 1.54) is 4.40 Å². The number of carbonyl (C=O) groups excluding carboxylic acids is 1. The van der Waals surface area contributed by atoms with Gasteiger partial charge < -0.3 is 4.74 Å². The van der Waals surface area contributed by atoms with Gasteiger partial charge in [-0.05, 0) is 65.3 Å². The van der Waals surface area contributed by atoms with Gasteiger partial charge in [0.2, 0.25) is 0 Å². The maximum Gasteiger partial charge on any atom is 0.343 e. The Hall–Kier alpha value is -3.98. The third-order valence-corrected chi connectivity index (χ3v) is 10.1. The Morgan fingerprint density at radius 3 is 2.23 bits per heavy atom. The number of nitrogens with one attached hydrogen (secondary N) is 1. The van der Waals surface area contributed by atoms with Crippen LogP contribution in [0.4, 0.5) is 0 Å². The predicted molar refractivity (Wildman–Crippen MR) is 191 cm³/mol. The quantitative estimate of drug-likeness (QED) is 0.181. The number of aromatic nitrogens is 6. The Kier molecular flexibility index (Phi) is 8.81. The lowest BCUT2D eigenvalue weighted by atomic mass is 9.59. The van der Waals surface area contributed by atoms with Crippen molar-refractivity contribution in [2.24, 2.45) is 34.5 Å². The predicted octanol–water partition coefficient (Wildman–Crippen LogP) is 8.56. The molecule has 3 heterocycles. The molecule has 1 aliphatic carbocycles. The van der Waals surface area contributed by atoms with E-state index in [0.29, 0.717) is 51.2 Å². The Balaban J connectivity index is 1.66. The molecule has 2 atom stereocenters. The van der Waals surface area contributed by atoms with Crippen molar-refractivity contribution >= 4 is 34.3 Å². The van der Waals surface area contributed by atoms with Gasteiger partial charge in [-0.1, -0.05) is 103 Å². The fourth-order valence-electron chi connectivity index (χ4n) is 7.52. The number of ether oxygens (including phenoxy) is 1. The van der Waals surface area contributed by atoms with Crippen LogP contribution < -0.4 is 5.69 Å². The Morgan fingerprint density at radius 1 is 1.00 bits per heavy atom. The van der Waals surface area contributed by atoms with Crippen LogP contribution in [0.5, 0.6) is 0 Å². The highest BCUT2D eigenvalue weighted by Gasteiger charge is 2.48. The van der Waals surface area contributed by atoms with Gasteiger partial charge in [0, 0.05) is 28.8 Å². The summed E-state index contributed by atoms with van der Waals surface area (Å²) < 4.78 is 9.85. The first-order chi connectivity index (χ1) is 22.5. The van der Waals surface area contributed by atoms with E-state index in [4.69, 9.17) is 21.3 Å². The van der Waals surface area contributed by atoms with Crippen molar-refractivity contribution in [1.82, 2.24) is 29.4 Å². The van der Waals surface area contributed by atoms with E-state index in [2.05, 4.69) is 77.6 Å². The molecule has 0 aliphatic heterocycles. The third kappa shape index (κ3) is 6.29. The van der Waals surface area contributed by atoms with E-state index in [0.717, 1.165) is 12.8 Å². The first kappa shape index (κ1) is 33.9. The fourth-order valence-corrected chi connectivity index (χ4v) is 7.65. The molecule has 0 bridgehead atoms. The molecule has 9 nitrogen and oxygen atoms in total. The lowest BCUT2D eigenvalue weighted by Crippen LogP contribution is -2.49. The van der Waals surface area contributed by atoms with Crippen molar-refractivity contribution in [3.05, 3.63) is 75.4 Å². The van der Waals surface area contributed by atoms with E-state index in [-0.39, 0.29) is 45.9 Å². The van der Waals surface area contributed by atoms with Crippen LogP contribution in [-0.4, -0.2) is 41.4 Å². The first-order valence-corrected chi connectivity index (χ1v) is 17.4. The average molecular weight is 671 g/mol. The van der Waals surface area contributed by atoms with Crippen LogP contribution in [0, 0.1) is 34.5 Å². The number of halogens is 1. The maximum atomic E-state index is 15.0. The van der Waals surface area contributed by atoms with E-state index >= 15 is 4.79 Å². The smallest absolute Gasteiger partial charge is 0.343 e. The van der Waals surface area contributed by atoms with Gasteiger partial charge in [-0.15, -0.1) is 5.10 Å². The molecule has 1 N–H and O–H groups in total. The monoisotopic (exact) mass is 670 g/mol. The minimum absolute atomic E-state index is 0.102. The highest BCUT2D eigenvalue weighted by Crippen LogP contribution is 2.50. The van der Waals surface area contributed by atoms with E-state index in [1.807, 2.05) is 36.4 Å². The van der Waals surface area contributed by atoms with Crippen molar-refractivity contribution in [3.8, 4) is 16.9 Å². The molecule has 0 spiro atoms. The number of carbonyl (C=O) groups is 1. The minimum atomic E-state index is -0.509. The normalized spacial score (nSPS) is 20.6. The summed E-state index contributed by atoms with van der Waals surface area (Å²) in [6, 6.07) is 14.8. The van der Waals surface area contributed by atoms with Crippen molar-refractivity contribution in [2.45, 2.75) is 87.7 Å². The summed E-state index contributed by atoms with van der Waals surface area (Å²) in [6.07, 6.45) is 2.11. The molecule has 0 amide bonds. The number of H-pyrrole nitrogens is 1. The average Bonchev–Trinajstić information content (AvgIpc) is 3.56. The van der Waals surface area contributed by atoms with Crippen LogP contribution in [0.3, 0.4) is 0 Å². The summed E-state index contributed by atoms with van der Waals surface area (Å²) in [4.78, 5) is 37.1. The number of fused-ring (bicyclic) bond motifs is 2. The van der Waals surface area contributed by atoms with Crippen LogP contribution in [0.2, 0.25) is 5.02 Å². The summed E-state index contributed by atoms with van der Waals surface area (Å²) in [5.74, 6) is 1.33. The molecule has 3 aromatic heterocycles. The van der Waals surface area contributed by atoms with Crippen LogP contribution in [-0.2, 0) is 11.2 Å². The lowest BCUT2D eigenvalue weighted by molar-refractivity contribution is -0.0922. The SMILES string of the molecule is CC(C)Cc1nc2c(C(=O)OC3C(C(C)(C)C)CC(C)CC3C(C)(C)C)c(-c3ccc(Cl)cc3)c(-n3nnc4ccccc43)n2c(=O)[nH]1. The summed E-state index contributed by atoms with van der Waals surface area (Å²) in [5.41, 5.74) is 2.31. The molecule has 1 aliphatic rings. The molecule has 2 unspecified atom stereocenters. The zero-order chi connectivity index (χ0) is 34.7. The number of benzene rings is 2. The van der Waals surface area contributed by atoms with E-state index < -0.39 is 11.7 Å². The van der Waals surface area contributed by atoms with Gasteiger partial charge in [0.1, 0.15) is 23.0 Å². The number of rotatable bonds is 6. The van der Waals surface area contributed by atoms with Crippen LogP contribution in [0.25, 0.3) is 33.6 Å². The maximum absolute atomic E-state index is 15.0. The number of nitrogens with zero attached hydrogens (tertiary/aromatic N) is 5. The molecule has 5 aromatic rings. The number of hydrogen-bond donors (Lipinski definition) is 1. The number of para-hydroxylation sites is 1. The molecule has 0 saturated heterocycles. The van der Waals surface area contributed by atoms with Crippen molar-refractivity contribution in [2.75, 3.05) is 0 Å². The molecule has 0 radical (unpaired) electrons. The Labute approximate surface area is 287 Å². The molecule has 6 rings (SSSR count). The van der Waals surface area contributed by atoms with Gasteiger partial charge >= 0.3 is 11.7 Å². The molecular formula is C38H47ClN6O3. The molecular weight excluding hydrogens is 624 g/mol. The fraction of sp³-hybridized carbons (Fsp3) is 0.500. The Morgan fingerprint density at radius 2 is 1.62 bits per heavy atom. The van der Waals surface area contributed by atoms with Gasteiger partial charge in [-0.2, -0.15) is 4.68 Å². The number of esters is 1. The second-order valence-electron chi connectivity index (χ2n) is 16.2. The van der Waals surface area contributed by atoms with Crippen LogP contribution >= 0.6 is 11.6 Å². The number of hydrogen-bond acceptors (Lipinski definition) is 6. The molecule has 254 valence electrons. The molecule has 10 heteroatoms. The van der Waals surface area contributed by atoms with Crippen molar-refractivity contribution < 1.29 is 9.53 Å². The minimum Gasteiger partial charge on any atom is -0.458 e. The van der Waals surface area contributed by atoms with Crippen LogP contribution in [0.15, 0.2) is 53.3 Å². The third-order valence-electron chi connectivity index (χ3n) is 9.88. The van der Waals surface area contributed by atoms with E-state index in [1.54, 1.807) is 16.8 Å². The second kappa shape index (κ2) is 12.5. The van der Waals surface area contributed by atoms with Gasteiger partial charge in [-0.25, -0.2) is 19.0 Å². The summed E-state index contributed by atoms with van der Waals surface area (Å²) in [7, 11) is 0. The molecule has 2 aromatic carbocycles. The highest BCUT2D eigenvalue weighted by molar-refractivity contribution is 6.30. The summed E-state index contributed by atoms with van der Waals surface area (Å²) in [5, 5.41) is 9.45. The lowest BCUT2D eigenvalue weighted by Gasteiger charge is -2.50. The zero-order valence-electron chi connectivity index (χ0n) is 29.5. The topological polar surface area (TPSA) is 107 Å². The molecule has 48 heavy (non-hydrogen) atoms. The van der Waals surface area contributed by atoms with Crippen molar-refractivity contribution in [1.29, 1.82) is 0 Å². The van der Waals surface area contributed by atoms with Crippen LogP contribution in [0.1, 0.15) is 91.3 Å². The second-order valence-corrected chi connectivity index (χ2v) is 16.6. The molecule has 1 saturated carbocycles. The summed E-state index contributed by atoms with van der Waals surface area (Å²) >= 11 is 6.36. The Bertz CT molecular complexity index is 2000. The van der Waals surface area contributed by atoms with Crippen molar-refractivity contribution in [3.63, 3.8) is 0 Å². The van der Waals surface area contributed by atoms with Gasteiger partial charge in [0.15, 0.2) is 11.5 Å². The summed E-state index contributed by atoms with van der Waals surface area (Å²) in [6.45, 7) is 19.8. The standard InChI is InChI=1S/C38H47ClN6O3/c1-21(2)18-29-40-33-31(35(46)48-32-25(37(4,5)6)19-22(3)20-26(32)38(7,8)9)30(23-14-16-24(39)17-15-23)34(44(33)36(47)41-29)45-28-13-11-10-12-27(28)42-43-45/h10-17,21-22,25-26,32H,18-20H2,1-9H3,(H,40,41,47). The first-order valence-electron chi connectivity index (χ1n) is 17.0. The zero-order valence-corrected chi connectivity index (χ0v) is 30.2. The number of aromatic amines is 1. The van der Waals surface area contributed by atoms with Gasteiger partial charge in [-0.3, -0.25) is 4.98 Å². The largest absolute Gasteiger partial charge is 0.458 e.